The summed E-state index contributed by atoms with van der Waals surface area (Å²) in [6, 6.07) is 5.17. The molecule has 1 aliphatic carbocycles. The van der Waals surface area contributed by atoms with Crippen molar-refractivity contribution >= 4 is 0 Å². The first-order valence-electron chi connectivity index (χ1n) is 5.72. The van der Waals surface area contributed by atoms with Gasteiger partial charge in [-0.25, -0.2) is 4.39 Å². The van der Waals surface area contributed by atoms with Crippen LogP contribution in [0.5, 0.6) is 0 Å². The van der Waals surface area contributed by atoms with E-state index in [0.717, 1.165) is 31.5 Å². The molecule has 0 amide bonds. The maximum absolute atomic E-state index is 13.0. The topological polar surface area (TPSA) is 32.3 Å². The van der Waals surface area contributed by atoms with Gasteiger partial charge in [-0.2, -0.15) is 0 Å². The van der Waals surface area contributed by atoms with E-state index in [1.165, 1.54) is 6.07 Å². The maximum atomic E-state index is 13.0. The number of aliphatic hydroxyl groups excluding tert-OH is 1. The van der Waals surface area contributed by atoms with Crippen LogP contribution in [0.25, 0.3) is 0 Å². The molecule has 2 nitrogen and oxygen atoms in total. The van der Waals surface area contributed by atoms with Crippen molar-refractivity contribution in [1.29, 1.82) is 0 Å². The lowest BCUT2D eigenvalue weighted by molar-refractivity contribution is 0.207. The molecule has 3 heteroatoms. The summed E-state index contributed by atoms with van der Waals surface area (Å²) in [6.07, 6.45) is 2.22. The van der Waals surface area contributed by atoms with Crippen LogP contribution in [0.4, 0.5) is 4.39 Å². The molecule has 1 aromatic rings. The van der Waals surface area contributed by atoms with E-state index in [1.807, 2.05) is 6.07 Å². The standard InChI is InChI=1S/C13H18FNO/c1-10-6-11(2-3-12(10)14)7-15-8-13(9-16)4-5-13/h2-3,6,15-16H,4-5,7-9H2,1H3. The first-order chi connectivity index (χ1) is 7.65. The Morgan fingerprint density at radius 1 is 1.44 bits per heavy atom. The number of hydrogen-bond donors (Lipinski definition) is 2. The van der Waals surface area contributed by atoms with Crippen molar-refractivity contribution in [2.75, 3.05) is 13.2 Å². The Morgan fingerprint density at radius 2 is 2.19 bits per heavy atom. The van der Waals surface area contributed by atoms with Gasteiger partial charge in [-0.3, -0.25) is 0 Å². The molecule has 0 aromatic heterocycles. The smallest absolute Gasteiger partial charge is 0.126 e. The van der Waals surface area contributed by atoms with E-state index in [-0.39, 0.29) is 17.8 Å². The van der Waals surface area contributed by atoms with Crippen molar-refractivity contribution in [1.82, 2.24) is 5.32 Å². The maximum Gasteiger partial charge on any atom is 0.126 e. The van der Waals surface area contributed by atoms with Gasteiger partial charge in [0.15, 0.2) is 0 Å². The normalized spacial score (nSPS) is 17.4. The highest BCUT2D eigenvalue weighted by atomic mass is 19.1. The minimum Gasteiger partial charge on any atom is -0.396 e. The predicted octanol–water partition coefficient (Wildman–Crippen LogP) is 2.00. The number of aryl methyl sites for hydroxylation is 1. The molecule has 16 heavy (non-hydrogen) atoms. The molecule has 1 aromatic carbocycles. The van der Waals surface area contributed by atoms with Crippen LogP contribution in [0.15, 0.2) is 18.2 Å². The molecule has 0 atom stereocenters. The number of aliphatic hydroxyl groups is 1. The highest BCUT2D eigenvalue weighted by molar-refractivity contribution is 5.23. The molecule has 0 unspecified atom stereocenters. The Morgan fingerprint density at radius 3 is 2.75 bits per heavy atom. The third-order valence-corrected chi connectivity index (χ3v) is 3.34. The lowest BCUT2D eigenvalue weighted by Crippen LogP contribution is -2.26. The van der Waals surface area contributed by atoms with Gasteiger partial charge < -0.3 is 10.4 Å². The van der Waals surface area contributed by atoms with Crippen LogP contribution in [0.3, 0.4) is 0 Å². The van der Waals surface area contributed by atoms with Crippen molar-refractivity contribution in [2.45, 2.75) is 26.3 Å². The predicted molar refractivity (Wildman–Crippen MR) is 61.6 cm³/mol. The third kappa shape index (κ3) is 2.60. The van der Waals surface area contributed by atoms with E-state index < -0.39 is 0 Å². The van der Waals surface area contributed by atoms with E-state index in [4.69, 9.17) is 5.11 Å². The van der Waals surface area contributed by atoms with Crippen LogP contribution in [0.2, 0.25) is 0 Å². The summed E-state index contributed by atoms with van der Waals surface area (Å²) in [5.74, 6) is -0.155. The van der Waals surface area contributed by atoms with Crippen molar-refractivity contribution in [2.24, 2.45) is 5.41 Å². The molecule has 0 spiro atoms. The van der Waals surface area contributed by atoms with Gasteiger partial charge in [0.1, 0.15) is 5.82 Å². The lowest BCUT2D eigenvalue weighted by Gasteiger charge is -2.12. The van der Waals surface area contributed by atoms with Crippen molar-refractivity contribution in [3.8, 4) is 0 Å². The van der Waals surface area contributed by atoms with E-state index in [9.17, 15) is 4.39 Å². The minimum atomic E-state index is -0.155. The monoisotopic (exact) mass is 223 g/mol. The van der Waals surface area contributed by atoms with Gasteiger partial charge >= 0.3 is 0 Å². The van der Waals surface area contributed by atoms with E-state index in [0.29, 0.717) is 5.56 Å². The van der Waals surface area contributed by atoms with Crippen LogP contribution in [-0.2, 0) is 6.54 Å². The van der Waals surface area contributed by atoms with Gasteiger partial charge in [0, 0.05) is 25.1 Å². The van der Waals surface area contributed by atoms with Crippen LogP contribution in [0, 0.1) is 18.2 Å². The van der Waals surface area contributed by atoms with E-state index >= 15 is 0 Å². The molecule has 2 rings (SSSR count). The zero-order valence-corrected chi connectivity index (χ0v) is 9.59. The fourth-order valence-electron chi connectivity index (χ4n) is 1.86. The van der Waals surface area contributed by atoms with E-state index in [1.54, 1.807) is 13.0 Å². The zero-order valence-electron chi connectivity index (χ0n) is 9.59. The molecule has 2 N–H and O–H groups in total. The van der Waals surface area contributed by atoms with Gasteiger partial charge in [0.25, 0.3) is 0 Å². The van der Waals surface area contributed by atoms with Gasteiger partial charge in [0.2, 0.25) is 0 Å². The summed E-state index contributed by atoms with van der Waals surface area (Å²) in [4.78, 5) is 0. The number of benzene rings is 1. The van der Waals surface area contributed by atoms with Gasteiger partial charge in [-0.1, -0.05) is 12.1 Å². The largest absolute Gasteiger partial charge is 0.396 e. The highest BCUT2D eigenvalue weighted by Gasteiger charge is 2.41. The zero-order chi connectivity index (χ0) is 11.6. The lowest BCUT2D eigenvalue weighted by atomic mass is 10.1. The molecule has 0 saturated heterocycles. The molecule has 1 saturated carbocycles. The summed E-state index contributed by atoms with van der Waals surface area (Å²) >= 11 is 0. The Hall–Kier alpha value is -0.930. The van der Waals surface area contributed by atoms with Gasteiger partial charge in [0.05, 0.1) is 0 Å². The molecule has 1 aliphatic rings. The quantitative estimate of drug-likeness (QED) is 0.800. The summed E-state index contributed by atoms with van der Waals surface area (Å²) in [5, 5.41) is 12.5. The molecule has 0 aliphatic heterocycles. The fourth-order valence-corrected chi connectivity index (χ4v) is 1.86. The summed E-state index contributed by atoms with van der Waals surface area (Å²) in [7, 11) is 0. The number of rotatable bonds is 5. The average Bonchev–Trinajstić information content (AvgIpc) is 3.04. The summed E-state index contributed by atoms with van der Waals surface area (Å²) in [5.41, 5.74) is 1.91. The number of halogens is 1. The average molecular weight is 223 g/mol. The second-order valence-electron chi connectivity index (χ2n) is 4.85. The molecule has 1 fully saturated rings. The third-order valence-electron chi connectivity index (χ3n) is 3.34. The highest BCUT2D eigenvalue weighted by Crippen LogP contribution is 2.44. The first kappa shape index (κ1) is 11.6. The first-order valence-corrected chi connectivity index (χ1v) is 5.72. The van der Waals surface area contributed by atoms with Gasteiger partial charge in [-0.15, -0.1) is 0 Å². The van der Waals surface area contributed by atoms with Crippen LogP contribution >= 0.6 is 0 Å². The second-order valence-corrected chi connectivity index (χ2v) is 4.85. The molecule has 0 heterocycles. The van der Waals surface area contributed by atoms with E-state index in [2.05, 4.69) is 5.32 Å². The summed E-state index contributed by atoms with van der Waals surface area (Å²) in [6.45, 7) is 3.63. The Balaban J connectivity index is 1.83. The van der Waals surface area contributed by atoms with Crippen molar-refractivity contribution in [3.63, 3.8) is 0 Å². The SMILES string of the molecule is Cc1cc(CNCC2(CO)CC2)ccc1F. The Bertz CT molecular complexity index is 374. The molecular formula is C13H18FNO. The minimum absolute atomic E-state index is 0.134. The second kappa shape index (κ2) is 4.52. The van der Waals surface area contributed by atoms with Crippen molar-refractivity contribution in [3.05, 3.63) is 35.1 Å². The molecule has 88 valence electrons. The van der Waals surface area contributed by atoms with Crippen LogP contribution in [-0.4, -0.2) is 18.3 Å². The van der Waals surface area contributed by atoms with Crippen LogP contribution < -0.4 is 5.32 Å². The molecule has 0 bridgehead atoms. The number of nitrogens with one attached hydrogen (secondary N) is 1. The fraction of sp³-hybridized carbons (Fsp3) is 0.538. The summed E-state index contributed by atoms with van der Waals surface area (Å²) < 4.78 is 13.0. The van der Waals surface area contributed by atoms with Crippen LogP contribution in [0.1, 0.15) is 24.0 Å². The molecular weight excluding hydrogens is 205 g/mol. The Labute approximate surface area is 95.5 Å². The molecule has 0 radical (unpaired) electrons. The Kier molecular flexibility index (Phi) is 3.26. The number of hydrogen-bond acceptors (Lipinski definition) is 2. The van der Waals surface area contributed by atoms with Gasteiger partial charge in [-0.05, 0) is 37.0 Å². The van der Waals surface area contributed by atoms with Crippen molar-refractivity contribution < 1.29 is 9.50 Å².